The molecule has 1 aromatic heterocycles. The van der Waals surface area contributed by atoms with Crippen LogP contribution >= 0.6 is 0 Å². The minimum Gasteiger partial charge on any atom is -0.495 e. The molecule has 1 unspecified atom stereocenters. The molecule has 2 rings (SSSR count). The highest BCUT2D eigenvalue weighted by atomic mass is 16.5. The fraction of sp³-hybridized carbons (Fsp3) is 0.385. The zero-order valence-corrected chi connectivity index (χ0v) is 10.2. The van der Waals surface area contributed by atoms with Crippen molar-refractivity contribution >= 4 is 10.9 Å². The van der Waals surface area contributed by atoms with E-state index in [-0.39, 0.29) is 0 Å². The summed E-state index contributed by atoms with van der Waals surface area (Å²) in [4.78, 5) is 3.42. The number of nitrogens with one attached hydrogen (secondary N) is 2. The fourth-order valence-electron chi connectivity index (χ4n) is 1.91. The second kappa shape index (κ2) is 4.18. The van der Waals surface area contributed by atoms with Crippen LogP contribution in [0.5, 0.6) is 5.75 Å². The Morgan fingerprint density at radius 3 is 2.75 bits per heavy atom. The van der Waals surface area contributed by atoms with Crippen molar-refractivity contribution in [3.63, 3.8) is 0 Å². The molecule has 0 saturated heterocycles. The normalized spacial score (nSPS) is 13.0. The zero-order chi connectivity index (χ0) is 11.7. The van der Waals surface area contributed by atoms with Gasteiger partial charge in [-0.1, -0.05) is 6.07 Å². The molecule has 0 radical (unpaired) electrons. The smallest absolute Gasteiger partial charge is 0.142 e. The maximum absolute atomic E-state index is 5.36. The molecule has 1 atom stereocenters. The summed E-state index contributed by atoms with van der Waals surface area (Å²) in [6.07, 6.45) is 0. The number of fused-ring (bicyclic) bond motifs is 1. The molecule has 1 aromatic carbocycles. The van der Waals surface area contributed by atoms with Gasteiger partial charge in [-0.15, -0.1) is 0 Å². The first-order valence-electron chi connectivity index (χ1n) is 5.51. The molecule has 0 aliphatic heterocycles. The Morgan fingerprint density at radius 1 is 1.38 bits per heavy atom. The van der Waals surface area contributed by atoms with Gasteiger partial charge in [0.15, 0.2) is 0 Å². The summed E-state index contributed by atoms with van der Waals surface area (Å²) in [6.45, 7) is 4.25. The van der Waals surface area contributed by atoms with Gasteiger partial charge in [-0.3, -0.25) is 0 Å². The van der Waals surface area contributed by atoms with Gasteiger partial charge in [0.05, 0.1) is 12.6 Å². The van der Waals surface area contributed by atoms with E-state index in [2.05, 4.69) is 36.3 Å². The molecular weight excluding hydrogens is 200 g/mol. The van der Waals surface area contributed by atoms with Crippen LogP contribution in [-0.2, 0) is 0 Å². The monoisotopic (exact) mass is 218 g/mol. The number of benzene rings is 1. The number of rotatable bonds is 3. The van der Waals surface area contributed by atoms with Crippen molar-refractivity contribution in [1.29, 1.82) is 0 Å². The quantitative estimate of drug-likeness (QED) is 0.831. The standard InChI is InChI=1S/C13H18N2O/c1-8-5-6-12(16-4)13-10(8)7-11(15-13)9(2)14-3/h5-7,9,14-15H,1-4H3. The minimum absolute atomic E-state index is 0.316. The minimum atomic E-state index is 0.316. The van der Waals surface area contributed by atoms with Crippen LogP contribution in [0.2, 0.25) is 0 Å². The molecule has 86 valence electrons. The van der Waals surface area contributed by atoms with E-state index in [4.69, 9.17) is 4.74 Å². The van der Waals surface area contributed by atoms with Gasteiger partial charge in [0.1, 0.15) is 5.75 Å². The van der Waals surface area contributed by atoms with Gasteiger partial charge in [0, 0.05) is 17.1 Å². The molecule has 2 aromatic rings. The van der Waals surface area contributed by atoms with Crippen LogP contribution in [0.4, 0.5) is 0 Å². The van der Waals surface area contributed by atoms with E-state index >= 15 is 0 Å². The number of H-pyrrole nitrogens is 1. The van der Waals surface area contributed by atoms with Gasteiger partial charge in [0.2, 0.25) is 0 Å². The van der Waals surface area contributed by atoms with Crippen LogP contribution in [0, 0.1) is 6.92 Å². The Kier molecular flexibility index (Phi) is 2.88. The molecule has 0 saturated carbocycles. The van der Waals surface area contributed by atoms with Gasteiger partial charge in [-0.25, -0.2) is 0 Å². The first kappa shape index (κ1) is 11.0. The van der Waals surface area contributed by atoms with Gasteiger partial charge in [-0.05, 0) is 38.6 Å². The summed E-state index contributed by atoms with van der Waals surface area (Å²) in [6, 6.07) is 6.59. The number of hydrogen-bond donors (Lipinski definition) is 2. The Balaban J connectivity index is 2.63. The summed E-state index contributed by atoms with van der Waals surface area (Å²) in [7, 11) is 3.66. The molecule has 0 aliphatic rings. The van der Waals surface area contributed by atoms with Crippen LogP contribution in [-0.4, -0.2) is 19.1 Å². The average Bonchev–Trinajstić information content (AvgIpc) is 2.74. The van der Waals surface area contributed by atoms with E-state index in [1.165, 1.54) is 16.6 Å². The van der Waals surface area contributed by atoms with Crippen molar-refractivity contribution in [2.24, 2.45) is 0 Å². The van der Waals surface area contributed by atoms with Crippen molar-refractivity contribution in [1.82, 2.24) is 10.3 Å². The third kappa shape index (κ3) is 1.67. The first-order chi connectivity index (χ1) is 7.67. The maximum Gasteiger partial charge on any atom is 0.142 e. The summed E-state index contributed by atoms with van der Waals surface area (Å²) >= 11 is 0. The molecule has 0 amide bonds. The molecular formula is C13H18N2O. The lowest BCUT2D eigenvalue weighted by atomic mass is 10.1. The van der Waals surface area contributed by atoms with Crippen molar-refractivity contribution in [2.75, 3.05) is 14.2 Å². The van der Waals surface area contributed by atoms with Crippen molar-refractivity contribution in [3.8, 4) is 5.75 Å². The number of ether oxygens (including phenoxy) is 1. The summed E-state index contributed by atoms with van der Waals surface area (Å²) in [5, 5.41) is 4.46. The average molecular weight is 218 g/mol. The van der Waals surface area contributed by atoms with Crippen molar-refractivity contribution in [2.45, 2.75) is 19.9 Å². The molecule has 16 heavy (non-hydrogen) atoms. The van der Waals surface area contributed by atoms with Gasteiger partial charge < -0.3 is 15.0 Å². The zero-order valence-electron chi connectivity index (χ0n) is 10.2. The van der Waals surface area contributed by atoms with Crippen LogP contribution in [0.15, 0.2) is 18.2 Å². The number of aryl methyl sites for hydroxylation is 1. The highest BCUT2D eigenvalue weighted by Crippen LogP contribution is 2.30. The predicted molar refractivity (Wildman–Crippen MR) is 67.1 cm³/mol. The van der Waals surface area contributed by atoms with E-state index in [9.17, 15) is 0 Å². The lowest BCUT2D eigenvalue weighted by molar-refractivity contribution is 0.419. The Morgan fingerprint density at radius 2 is 2.12 bits per heavy atom. The molecule has 3 nitrogen and oxygen atoms in total. The predicted octanol–water partition coefficient (Wildman–Crippen LogP) is 2.77. The Bertz CT molecular complexity index is 502. The number of methoxy groups -OCH3 is 1. The van der Waals surface area contributed by atoms with Gasteiger partial charge in [-0.2, -0.15) is 0 Å². The highest BCUT2D eigenvalue weighted by Gasteiger charge is 2.11. The number of aromatic amines is 1. The second-order valence-corrected chi connectivity index (χ2v) is 4.11. The van der Waals surface area contributed by atoms with E-state index in [1.54, 1.807) is 7.11 Å². The van der Waals surface area contributed by atoms with Crippen molar-refractivity contribution < 1.29 is 4.74 Å². The first-order valence-corrected chi connectivity index (χ1v) is 5.51. The van der Waals surface area contributed by atoms with E-state index < -0.39 is 0 Å². The molecule has 0 bridgehead atoms. The molecule has 0 fully saturated rings. The molecule has 1 heterocycles. The van der Waals surface area contributed by atoms with E-state index in [0.29, 0.717) is 6.04 Å². The molecule has 3 heteroatoms. The summed E-state index contributed by atoms with van der Waals surface area (Å²) in [5.41, 5.74) is 3.53. The summed E-state index contributed by atoms with van der Waals surface area (Å²) < 4.78 is 5.36. The Hall–Kier alpha value is -1.48. The lowest BCUT2D eigenvalue weighted by Crippen LogP contribution is -2.12. The van der Waals surface area contributed by atoms with Gasteiger partial charge >= 0.3 is 0 Å². The fourth-order valence-corrected chi connectivity index (χ4v) is 1.91. The number of aromatic nitrogens is 1. The van der Waals surface area contributed by atoms with Crippen LogP contribution in [0.25, 0.3) is 10.9 Å². The molecule has 0 spiro atoms. The van der Waals surface area contributed by atoms with Crippen LogP contribution in [0.3, 0.4) is 0 Å². The SMILES string of the molecule is CNC(C)c1cc2c(C)ccc(OC)c2[nH]1. The third-order valence-corrected chi connectivity index (χ3v) is 3.11. The van der Waals surface area contributed by atoms with Crippen molar-refractivity contribution in [3.05, 3.63) is 29.5 Å². The van der Waals surface area contributed by atoms with Gasteiger partial charge in [0.25, 0.3) is 0 Å². The third-order valence-electron chi connectivity index (χ3n) is 3.11. The number of hydrogen-bond acceptors (Lipinski definition) is 2. The van der Waals surface area contributed by atoms with E-state index in [1.807, 2.05) is 13.1 Å². The largest absolute Gasteiger partial charge is 0.495 e. The second-order valence-electron chi connectivity index (χ2n) is 4.11. The maximum atomic E-state index is 5.36. The Labute approximate surface area is 95.8 Å². The molecule has 0 aliphatic carbocycles. The van der Waals surface area contributed by atoms with Crippen LogP contribution < -0.4 is 10.1 Å². The molecule has 2 N–H and O–H groups in total. The lowest BCUT2D eigenvalue weighted by Gasteiger charge is -2.06. The summed E-state index contributed by atoms with van der Waals surface area (Å²) in [5.74, 6) is 0.898. The van der Waals surface area contributed by atoms with Crippen LogP contribution in [0.1, 0.15) is 24.2 Å². The van der Waals surface area contributed by atoms with E-state index in [0.717, 1.165) is 11.3 Å². The highest BCUT2D eigenvalue weighted by molar-refractivity contribution is 5.89. The topological polar surface area (TPSA) is 37.0 Å².